The number of aromatic nitrogens is 2. The van der Waals surface area contributed by atoms with Gasteiger partial charge < -0.3 is 9.73 Å². The molecule has 0 spiro atoms. The Bertz CT molecular complexity index is 880. The zero-order valence-corrected chi connectivity index (χ0v) is 13.2. The standard InChI is InChI=1S/C18H15F2N3O2/c19-14-7-3-1-5-12(14)11-21-16(24)9-10-17-22-23-18(25-17)13-6-2-4-8-15(13)20/h1-8H,9-11H2,(H,21,24). The maximum atomic E-state index is 13.7. The first-order valence-corrected chi connectivity index (χ1v) is 7.71. The van der Waals surface area contributed by atoms with Crippen LogP contribution in [0.1, 0.15) is 17.9 Å². The topological polar surface area (TPSA) is 68.0 Å². The third kappa shape index (κ3) is 4.26. The third-order valence-electron chi connectivity index (χ3n) is 3.57. The molecule has 2 aromatic carbocycles. The van der Waals surface area contributed by atoms with Gasteiger partial charge in [-0.05, 0) is 18.2 Å². The molecule has 0 saturated heterocycles. The van der Waals surface area contributed by atoms with Crippen LogP contribution in [-0.4, -0.2) is 16.1 Å². The second-order valence-electron chi connectivity index (χ2n) is 5.35. The fraction of sp³-hybridized carbons (Fsp3) is 0.167. The number of carbonyl (C=O) groups is 1. The molecule has 0 fully saturated rings. The van der Waals surface area contributed by atoms with Crippen molar-refractivity contribution in [1.82, 2.24) is 15.5 Å². The van der Waals surface area contributed by atoms with Gasteiger partial charge in [0, 0.05) is 24.9 Å². The van der Waals surface area contributed by atoms with Gasteiger partial charge in [-0.2, -0.15) is 0 Å². The molecule has 5 nitrogen and oxygen atoms in total. The van der Waals surface area contributed by atoms with Gasteiger partial charge in [0.1, 0.15) is 11.6 Å². The Morgan fingerprint density at radius 3 is 2.48 bits per heavy atom. The SMILES string of the molecule is O=C(CCc1nnc(-c2ccccc2F)o1)NCc1ccccc1F. The molecule has 0 radical (unpaired) electrons. The van der Waals surface area contributed by atoms with Crippen molar-refractivity contribution in [3.63, 3.8) is 0 Å². The van der Waals surface area contributed by atoms with Crippen LogP contribution in [0.2, 0.25) is 0 Å². The summed E-state index contributed by atoms with van der Waals surface area (Å²) in [5.41, 5.74) is 0.626. The van der Waals surface area contributed by atoms with Crippen molar-refractivity contribution < 1.29 is 18.0 Å². The smallest absolute Gasteiger partial charge is 0.250 e. The highest BCUT2D eigenvalue weighted by molar-refractivity contribution is 5.76. The first kappa shape index (κ1) is 16.8. The van der Waals surface area contributed by atoms with Crippen LogP contribution < -0.4 is 5.32 Å². The van der Waals surface area contributed by atoms with E-state index in [4.69, 9.17) is 4.42 Å². The van der Waals surface area contributed by atoms with Gasteiger partial charge in [0.05, 0.1) is 5.56 Å². The molecular formula is C18H15F2N3O2. The Morgan fingerprint density at radius 2 is 1.72 bits per heavy atom. The van der Waals surface area contributed by atoms with E-state index in [-0.39, 0.29) is 48.5 Å². The summed E-state index contributed by atoms with van der Waals surface area (Å²) in [6.45, 7) is 0.107. The van der Waals surface area contributed by atoms with Crippen molar-refractivity contribution in [2.45, 2.75) is 19.4 Å². The number of carbonyl (C=O) groups excluding carboxylic acids is 1. The molecule has 0 aliphatic heterocycles. The molecule has 0 bridgehead atoms. The van der Waals surface area contributed by atoms with Crippen LogP contribution >= 0.6 is 0 Å². The van der Waals surface area contributed by atoms with E-state index in [1.54, 1.807) is 30.3 Å². The summed E-state index contributed by atoms with van der Waals surface area (Å²) >= 11 is 0. The molecule has 0 aliphatic carbocycles. The third-order valence-corrected chi connectivity index (χ3v) is 3.57. The van der Waals surface area contributed by atoms with E-state index in [0.717, 1.165) is 0 Å². The van der Waals surface area contributed by atoms with Crippen molar-refractivity contribution >= 4 is 5.91 Å². The van der Waals surface area contributed by atoms with Crippen molar-refractivity contribution in [3.8, 4) is 11.5 Å². The second kappa shape index (κ2) is 7.65. The Hall–Kier alpha value is -3.09. The first-order chi connectivity index (χ1) is 12.1. The highest BCUT2D eigenvalue weighted by Crippen LogP contribution is 2.21. The number of benzene rings is 2. The summed E-state index contributed by atoms with van der Waals surface area (Å²) in [7, 11) is 0. The zero-order chi connectivity index (χ0) is 17.6. The number of nitrogens with one attached hydrogen (secondary N) is 1. The Morgan fingerprint density at radius 1 is 1.00 bits per heavy atom. The molecule has 0 aliphatic rings. The summed E-state index contributed by atoms with van der Waals surface area (Å²) in [6, 6.07) is 12.3. The number of aryl methyl sites for hydroxylation is 1. The van der Waals surface area contributed by atoms with Crippen molar-refractivity contribution in [1.29, 1.82) is 0 Å². The maximum Gasteiger partial charge on any atom is 0.250 e. The van der Waals surface area contributed by atoms with Gasteiger partial charge >= 0.3 is 0 Å². The van der Waals surface area contributed by atoms with Gasteiger partial charge in [0.2, 0.25) is 11.8 Å². The quantitative estimate of drug-likeness (QED) is 0.746. The molecule has 1 heterocycles. The van der Waals surface area contributed by atoms with Gasteiger partial charge in [0.25, 0.3) is 5.89 Å². The van der Waals surface area contributed by atoms with Gasteiger partial charge in [-0.25, -0.2) is 8.78 Å². The minimum Gasteiger partial charge on any atom is -0.421 e. The van der Waals surface area contributed by atoms with Crippen LogP contribution in [-0.2, 0) is 17.8 Å². The van der Waals surface area contributed by atoms with Gasteiger partial charge in [-0.3, -0.25) is 4.79 Å². The van der Waals surface area contributed by atoms with E-state index in [1.165, 1.54) is 18.2 Å². The number of hydrogen-bond acceptors (Lipinski definition) is 4. The number of amides is 1. The number of rotatable bonds is 6. The summed E-state index contributed by atoms with van der Waals surface area (Å²) in [5, 5.41) is 10.2. The Labute approximate surface area is 142 Å². The largest absolute Gasteiger partial charge is 0.421 e. The van der Waals surface area contributed by atoms with Gasteiger partial charge in [-0.1, -0.05) is 30.3 Å². The maximum absolute atomic E-state index is 13.7. The first-order valence-electron chi connectivity index (χ1n) is 7.71. The monoisotopic (exact) mass is 343 g/mol. The lowest BCUT2D eigenvalue weighted by Gasteiger charge is -2.05. The van der Waals surface area contributed by atoms with Crippen LogP contribution in [0.15, 0.2) is 52.9 Å². The second-order valence-corrected chi connectivity index (χ2v) is 5.35. The van der Waals surface area contributed by atoms with E-state index in [9.17, 15) is 13.6 Å². The molecule has 3 rings (SSSR count). The summed E-state index contributed by atoms with van der Waals surface area (Å²) in [6.07, 6.45) is 0.317. The van der Waals surface area contributed by atoms with Crippen LogP contribution in [0.3, 0.4) is 0 Å². The number of nitrogens with zero attached hydrogens (tertiary/aromatic N) is 2. The molecule has 7 heteroatoms. The van der Waals surface area contributed by atoms with E-state index in [0.29, 0.717) is 5.56 Å². The normalized spacial score (nSPS) is 10.6. The highest BCUT2D eigenvalue weighted by atomic mass is 19.1. The fourth-order valence-electron chi connectivity index (χ4n) is 2.24. The van der Waals surface area contributed by atoms with Crippen LogP contribution in [0.25, 0.3) is 11.5 Å². The van der Waals surface area contributed by atoms with E-state index in [1.807, 2.05) is 0 Å². The molecular weight excluding hydrogens is 328 g/mol. The molecule has 1 N–H and O–H groups in total. The van der Waals surface area contributed by atoms with Gasteiger partial charge in [-0.15, -0.1) is 10.2 Å². The van der Waals surface area contributed by atoms with Crippen LogP contribution in [0.4, 0.5) is 8.78 Å². The lowest BCUT2D eigenvalue weighted by molar-refractivity contribution is -0.121. The van der Waals surface area contributed by atoms with Gasteiger partial charge in [0.15, 0.2) is 0 Å². The summed E-state index contributed by atoms with van der Waals surface area (Å²) < 4.78 is 32.5. The molecule has 25 heavy (non-hydrogen) atoms. The fourth-order valence-corrected chi connectivity index (χ4v) is 2.24. The summed E-state index contributed by atoms with van der Waals surface area (Å²) in [4.78, 5) is 11.8. The molecule has 0 atom stereocenters. The van der Waals surface area contributed by atoms with Crippen LogP contribution in [0.5, 0.6) is 0 Å². The molecule has 0 saturated carbocycles. The van der Waals surface area contributed by atoms with E-state index in [2.05, 4.69) is 15.5 Å². The minimum absolute atomic E-state index is 0.0693. The average Bonchev–Trinajstić information content (AvgIpc) is 3.08. The van der Waals surface area contributed by atoms with E-state index < -0.39 is 5.82 Å². The highest BCUT2D eigenvalue weighted by Gasteiger charge is 2.13. The van der Waals surface area contributed by atoms with Crippen molar-refractivity contribution in [3.05, 3.63) is 71.6 Å². The molecule has 3 aromatic rings. The predicted molar refractivity (Wildman–Crippen MR) is 86.3 cm³/mol. The average molecular weight is 343 g/mol. The lowest BCUT2D eigenvalue weighted by atomic mass is 10.2. The lowest BCUT2D eigenvalue weighted by Crippen LogP contribution is -2.23. The Balaban J connectivity index is 1.53. The summed E-state index contributed by atoms with van der Waals surface area (Å²) in [5.74, 6) is -0.789. The zero-order valence-electron chi connectivity index (χ0n) is 13.2. The molecule has 1 amide bonds. The predicted octanol–water partition coefficient (Wildman–Crippen LogP) is 3.26. The van der Waals surface area contributed by atoms with Crippen molar-refractivity contribution in [2.24, 2.45) is 0 Å². The minimum atomic E-state index is -0.458. The molecule has 1 aromatic heterocycles. The number of hydrogen-bond donors (Lipinski definition) is 1. The Kier molecular flexibility index (Phi) is 5.13. The van der Waals surface area contributed by atoms with Crippen molar-refractivity contribution in [2.75, 3.05) is 0 Å². The van der Waals surface area contributed by atoms with E-state index >= 15 is 0 Å². The molecule has 0 unspecified atom stereocenters. The van der Waals surface area contributed by atoms with Crippen LogP contribution in [0, 0.1) is 11.6 Å². The number of halogens is 2. The molecule has 128 valence electrons.